The Kier molecular flexibility index (Phi) is 4.19. The smallest absolute Gasteiger partial charge is 0.255 e. The maximum Gasteiger partial charge on any atom is 0.255 e. The maximum absolute atomic E-state index is 13.3. The zero-order valence-corrected chi connectivity index (χ0v) is 11.6. The number of anilines is 1. The monoisotopic (exact) mass is 284 g/mol. The molecule has 0 spiro atoms. The van der Waals surface area contributed by atoms with Crippen LogP contribution in [0.2, 0.25) is 0 Å². The molecular weight excluding hydrogens is 271 g/mol. The van der Waals surface area contributed by atoms with Gasteiger partial charge in [-0.2, -0.15) is 5.26 Å². The molecule has 0 unspecified atom stereocenters. The molecule has 0 aliphatic carbocycles. The first-order chi connectivity index (χ1) is 10.0. The fourth-order valence-electron chi connectivity index (χ4n) is 1.93. The van der Waals surface area contributed by atoms with E-state index in [4.69, 9.17) is 10.00 Å². The standard InChI is InChI=1S/C16H13FN2O2/c1-10-5-12(8-13(17)6-10)16(20)19-14-4-3-11(9-18)7-15(14)21-2/h3-8H,1-2H3,(H,19,20). The lowest BCUT2D eigenvalue weighted by Gasteiger charge is -2.11. The first-order valence-electron chi connectivity index (χ1n) is 6.20. The predicted molar refractivity (Wildman–Crippen MR) is 76.8 cm³/mol. The van der Waals surface area contributed by atoms with E-state index in [2.05, 4.69) is 5.32 Å². The van der Waals surface area contributed by atoms with Gasteiger partial charge in [-0.1, -0.05) is 0 Å². The number of nitrogens with zero attached hydrogens (tertiary/aromatic N) is 1. The van der Waals surface area contributed by atoms with E-state index in [1.807, 2.05) is 6.07 Å². The van der Waals surface area contributed by atoms with Crippen molar-refractivity contribution in [2.24, 2.45) is 0 Å². The molecule has 0 aliphatic heterocycles. The molecule has 0 fully saturated rings. The number of amides is 1. The summed E-state index contributed by atoms with van der Waals surface area (Å²) in [6, 6.07) is 10.7. The van der Waals surface area contributed by atoms with Crippen molar-refractivity contribution in [2.75, 3.05) is 12.4 Å². The predicted octanol–water partition coefficient (Wildman–Crippen LogP) is 3.27. The third kappa shape index (κ3) is 3.37. The molecule has 2 rings (SSSR count). The van der Waals surface area contributed by atoms with Gasteiger partial charge in [0.05, 0.1) is 24.4 Å². The molecule has 106 valence electrons. The fraction of sp³-hybridized carbons (Fsp3) is 0.125. The molecule has 4 nitrogen and oxygen atoms in total. The maximum atomic E-state index is 13.3. The minimum Gasteiger partial charge on any atom is -0.495 e. The molecule has 1 amide bonds. The van der Waals surface area contributed by atoms with Gasteiger partial charge in [0.2, 0.25) is 0 Å². The molecule has 0 radical (unpaired) electrons. The van der Waals surface area contributed by atoms with E-state index in [0.717, 1.165) is 0 Å². The van der Waals surface area contributed by atoms with Gasteiger partial charge < -0.3 is 10.1 Å². The first kappa shape index (κ1) is 14.5. The van der Waals surface area contributed by atoms with Crippen LogP contribution in [-0.4, -0.2) is 13.0 Å². The Morgan fingerprint density at radius 3 is 2.67 bits per heavy atom. The summed E-state index contributed by atoms with van der Waals surface area (Å²) in [5.41, 5.74) is 1.72. The van der Waals surface area contributed by atoms with Gasteiger partial charge in [0.1, 0.15) is 11.6 Å². The van der Waals surface area contributed by atoms with Crippen LogP contribution in [0.15, 0.2) is 36.4 Å². The molecule has 1 N–H and O–H groups in total. The van der Waals surface area contributed by atoms with E-state index in [1.165, 1.54) is 25.3 Å². The highest BCUT2D eigenvalue weighted by atomic mass is 19.1. The van der Waals surface area contributed by atoms with Crippen LogP contribution in [0.4, 0.5) is 10.1 Å². The first-order valence-corrected chi connectivity index (χ1v) is 6.20. The average molecular weight is 284 g/mol. The van der Waals surface area contributed by atoms with Crippen LogP contribution in [0.3, 0.4) is 0 Å². The average Bonchev–Trinajstić information content (AvgIpc) is 2.46. The lowest BCUT2D eigenvalue weighted by molar-refractivity contribution is 0.102. The zero-order chi connectivity index (χ0) is 15.4. The molecule has 0 bridgehead atoms. The summed E-state index contributed by atoms with van der Waals surface area (Å²) in [5, 5.41) is 11.5. The summed E-state index contributed by atoms with van der Waals surface area (Å²) < 4.78 is 18.5. The van der Waals surface area contributed by atoms with Crippen molar-refractivity contribution in [3.05, 3.63) is 58.9 Å². The zero-order valence-electron chi connectivity index (χ0n) is 11.6. The quantitative estimate of drug-likeness (QED) is 0.941. The van der Waals surface area contributed by atoms with Crippen LogP contribution in [0.5, 0.6) is 5.75 Å². The second-order valence-corrected chi connectivity index (χ2v) is 4.50. The molecule has 21 heavy (non-hydrogen) atoms. The van der Waals surface area contributed by atoms with E-state index in [-0.39, 0.29) is 5.56 Å². The Morgan fingerprint density at radius 1 is 1.29 bits per heavy atom. The molecule has 5 heteroatoms. The summed E-state index contributed by atoms with van der Waals surface area (Å²) >= 11 is 0. The van der Waals surface area contributed by atoms with E-state index in [1.54, 1.807) is 25.1 Å². The van der Waals surface area contributed by atoms with Crippen molar-refractivity contribution in [1.29, 1.82) is 5.26 Å². The van der Waals surface area contributed by atoms with E-state index in [9.17, 15) is 9.18 Å². The third-order valence-corrected chi connectivity index (χ3v) is 2.88. The summed E-state index contributed by atoms with van der Waals surface area (Å²) in [6.45, 7) is 1.71. The molecule has 0 saturated heterocycles. The largest absolute Gasteiger partial charge is 0.495 e. The highest BCUT2D eigenvalue weighted by molar-refractivity contribution is 6.05. The highest BCUT2D eigenvalue weighted by Gasteiger charge is 2.11. The van der Waals surface area contributed by atoms with Gasteiger partial charge in [-0.05, 0) is 42.8 Å². The van der Waals surface area contributed by atoms with Crippen molar-refractivity contribution >= 4 is 11.6 Å². The Hall–Kier alpha value is -2.87. The normalized spacial score (nSPS) is 9.81. The number of hydrogen-bond acceptors (Lipinski definition) is 3. The molecule has 0 atom stereocenters. The van der Waals surface area contributed by atoms with Gasteiger partial charge in [-0.25, -0.2) is 4.39 Å². The van der Waals surface area contributed by atoms with Crippen molar-refractivity contribution in [1.82, 2.24) is 0 Å². The lowest BCUT2D eigenvalue weighted by atomic mass is 10.1. The van der Waals surface area contributed by atoms with Crippen LogP contribution < -0.4 is 10.1 Å². The Balaban J connectivity index is 2.29. The second kappa shape index (κ2) is 6.06. The number of nitriles is 1. The summed E-state index contributed by atoms with van der Waals surface area (Å²) in [6.07, 6.45) is 0. The lowest BCUT2D eigenvalue weighted by Crippen LogP contribution is -2.13. The molecule has 0 saturated carbocycles. The second-order valence-electron chi connectivity index (χ2n) is 4.50. The molecular formula is C16H13FN2O2. The number of methoxy groups -OCH3 is 1. The van der Waals surface area contributed by atoms with Crippen molar-refractivity contribution in [3.8, 4) is 11.8 Å². The molecule has 0 heterocycles. The number of nitrogens with one attached hydrogen (secondary N) is 1. The van der Waals surface area contributed by atoms with Gasteiger partial charge in [-0.15, -0.1) is 0 Å². The number of hydrogen-bond donors (Lipinski definition) is 1. The van der Waals surface area contributed by atoms with Crippen LogP contribution >= 0.6 is 0 Å². The SMILES string of the molecule is COc1cc(C#N)ccc1NC(=O)c1cc(C)cc(F)c1. The number of aryl methyl sites for hydroxylation is 1. The number of carbonyl (C=O) groups excluding carboxylic acids is 1. The number of halogens is 1. The summed E-state index contributed by atoms with van der Waals surface area (Å²) in [5.74, 6) is -0.539. The Bertz CT molecular complexity index is 715. The number of ether oxygens (including phenoxy) is 1. The summed E-state index contributed by atoms with van der Waals surface area (Å²) in [4.78, 5) is 12.1. The van der Waals surface area contributed by atoms with Gasteiger partial charge in [0, 0.05) is 11.6 Å². The van der Waals surface area contributed by atoms with Gasteiger partial charge in [-0.3, -0.25) is 4.79 Å². The van der Waals surface area contributed by atoms with Crippen LogP contribution in [0, 0.1) is 24.1 Å². The van der Waals surface area contributed by atoms with E-state index >= 15 is 0 Å². The van der Waals surface area contributed by atoms with Crippen molar-refractivity contribution < 1.29 is 13.9 Å². The van der Waals surface area contributed by atoms with Gasteiger partial charge in [0.25, 0.3) is 5.91 Å². The van der Waals surface area contributed by atoms with E-state index < -0.39 is 11.7 Å². The molecule has 0 aliphatic rings. The van der Waals surface area contributed by atoms with Crippen LogP contribution in [0.25, 0.3) is 0 Å². The number of benzene rings is 2. The van der Waals surface area contributed by atoms with Crippen LogP contribution in [0.1, 0.15) is 21.5 Å². The minimum atomic E-state index is -0.466. The molecule has 2 aromatic rings. The third-order valence-electron chi connectivity index (χ3n) is 2.88. The molecule has 2 aromatic carbocycles. The Labute approximate surface area is 121 Å². The van der Waals surface area contributed by atoms with Crippen LogP contribution in [-0.2, 0) is 0 Å². The van der Waals surface area contributed by atoms with Crippen molar-refractivity contribution in [2.45, 2.75) is 6.92 Å². The number of rotatable bonds is 3. The molecule has 0 aromatic heterocycles. The number of carbonyl (C=O) groups is 1. The van der Waals surface area contributed by atoms with E-state index in [0.29, 0.717) is 22.6 Å². The van der Waals surface area contributed by atoms with Gasteiger partial charge in [0.15, 0.2) is 0 Å². The minimum absolute atomic E-state index is 0.221. The van der Waals surface area contributed by atoms with Gasteiger partial charge >= 0.3 is 0 Å². The topological polar surface area (TPSA) is 62.1 Å². The highest BCUT2D eigenvalue weighted by Crippen LogP contribution is 2.26. The fourth-order valence-corrected chi connectivity index (χ4v) is 1.93. The summed E-state index contributed by atoms with van der Waals surface area (Å²) in [7, 11) is 1.44. The van der Waals surface area contributed by atoms with Crippen molar-refractivity contribution in [3.63, 3.8) is 0 Å². The Morgan fingerprint density at radius 2 is 2.05 bits per heavy atom.